The fraction of sp³-hybridized carbons (Fsp3) is 0.667. The van der Waals surface area contributed by atoms with Crippen molar-refractivity contribution in [3.05, 3.63) is 32.9 Å². The predicted octanol–water partition coefficient (Wildman–Crippen LogP) is 1.43. The molecule has 0 aliphatic carbocycles. The normalized spacial score (nSPS) is 38.1. The van der Waals surface area contributed by atoms with E-state index in [1.165, 1.54) is 0 Å². The van der Waals surface area contributed by atoms with Crippen LogP contribution in [0.2, 0.25) is 0 Å². The first-order valence-corrected chi connectivity index (χ1v) is 9.03. The summed E-state index contributed by atoms with van der Waals surface area (Å²) in [6.45, 7) is 2.75. The molecule has 0 radical (unpaired) electrons. The van der Waals surface area contributed by atoms with Crippen LogP contribution in [-0.4, -0.2) is 39.6 Å². The number of hydrogen-bond donors (Lipinski definition) is 1. The Morgan fingerprint density at radius 3 is 2.84 bits per heavy atom. The van der Waals surface area contributed by atoms with Crippen molar-refractivity contribution in [3.63, 3.8) is 0 Å². The summed E-state index contributed by atoms with van der Waals surface area (Å²) in [5.41, 5.74) is -2.41. The monoisotopic (exact) mass is 402 g/mol. The van der Waals surface area contributed by atoms with Gasteiger partial charge in [-0.1, -0.05) is 11.6 Å². The van der Waals surface area contributed by atoms with Crippen LogP contribution in [0.25, 0.3) is 0 Å². The quantitative estimate of drug-likeness (QED) is 0.601. The van der Waals surface area contributed by atoms with E-state index in [0.717, 1.165) is 0 Å². The molecular weight excluding hydrogens is 389 g/mol. The number of nitrogens with one attached hydrogen (secondary N) is 1. The molecule has 2 fully saturated rings. The Labute approximate surface area is 144 Å². The second kappa shape index (κ2) is 6.26. The van der Waals surface area contributed by atoms with E-state index >= 15 is 4.39 Å². The molecule has 25 heavy (non-hydrogen) atoms. The van der Waals surface area contributed by atoms with Gasteiger partial charge in [0.2, 0.25) is 5.82 Å². The van der Waals surface area contributed by atoms with Crippen LogP contribution >= 0.6 is 19.4 Å². The van der Waals surface area contributed by atoms with E-state index in [-0.39, 0.29) is 6.61 Å². The van der Waals surface area contributed by atoms with Crippen molar-refractivity contribution in [1.29, 1.82) is 0 Å². The number of H-pyrrole nitrogens is 1. The molecule has 2 saturated heterocycles. The standard InChI is InChI=1S/C12H14ClF2N2O7P/c1-5(2)23-25(20)21-4-7-8(24-25)12(13,15)10(22-7)17-3-6(14)9(18)16-11(17)19/h3,5,7-8,10H,4H2,1-2H3,(H,16,18,19)/t7-,8-,10-,12-,25?/m1/s1. The average molecular weight is 403 g/mol. The molecule has 140 valence electrons. The summed E-state index contributed by atoms with van der Waals surface area (Å²) in [6, 6.07) is 0. The Kier molecular flexibility index (Phi) is 4.68. The molecule has 1 aromatic rings. The van der Waals surface area contributed by atoms with Crippen LogP contribution in [0.3, 0.4) is 0 Å². The van der Waals surface area contributed by atoms with E-state index in [1.807, 2.05) is 0 Å². The predicted molar refractivity (Wildman–Crippen MR) is 79.5 cm³/mol. The minimum Gasteiger partial charge on any atom is -0.344 e. The largest absolute Gasteiger partial charge is 0.475 e. The zero-order chi connectivity index (χ0) is 18.6. The summed E-state index contributed by atoms with van der Waals surface area (Å²) in [6.07, 6.45) is -4.67. The zero-order valence-corrected chi connectivity index (χ0v) is 14.6. The molecule has 1 unspecified atom stereocenters. The maximum atomic E-state index is 15.1. The van der Waals surface area contributed by atoms with Crippen LogP contribution in [-0.2, 0) is 22.9 Å². The van der Waals surface area contributed by atoms with Crippen molar-refractivity contribution >= 4 is 19.4 Å². The first kappa shape index (κ1) is 18.7. The summed E-state index contributed by atoms with van der Waals surface area (Å²) in [5, 5.41) is -2.90. The average Bonchev–Trinajstić information content (AvgIpc) is 2.73. The van der Waals surface area contributed by atoms with E-state index < -0.39 is 54.6 Å². The van der Waals surface area contributed by atoms with E-state index in [1.54, 1.807) is 18.8 Å². The van der Waals surface area contributed by atoms with Gasteiger partial charge in [0.1, 0.15) is 6.10 Å². The lowest BCUT2D eigenvalue weighted by Gasteiger charge is -2.33. The number of hydrogen-bond acceptors (Lipinski definition) is 7. The number of aromatic nitrogens is 2. The van der Waals surface area contributed by atoms with Crippen LogP contribution in [0.5, 0.6) is 0 Å². The first-order chi connectivity index (χ1) is 11.5. The van der Waals surface area contributed by atoms with E-state index in [4.69, 9.17) is 29.9 Å². The SMILES string of the molecule is CC(C)OP1(=O)OC[C@H]2O[C@@H](n3cc(F)c(=O)[nH]c3=O)[C@@](F)(Cl)[C@@H]2O1. The Bertz CT molecular complexity index is 841. The van der Waals surface area contributed by atoms with E-state index in [0.29, 0.717) is 10.8 Å². The third kappa shape index (κ3) is 3.32. The van der Waals surface area contributed by atoms with Crippen LogP contribution in [0.1, 0.15) is 20.1 Å². The number of phosphoric ester groups is 1. The Balaban J connectivity index is 1.94. The van der Waals surface area contributed by atoms with Crippen molar-refractivity contribution in [2.75, 3.05) is 6.61 Å². The van der Waals surface area contributed by atoms with Gasteiger partial charge in [0, 0.05) is 0 Å². The maximum absolute atomic E-state index is 15.1. The number of nitrogens with zero attached hydrogens (tertiary/aromatic N) is 1. The van der Waals surface area contributed by atoms with Gasteiger partial charge in [-0.15, -0.1) is 0 Å². The lowest BCUT2D eigenvalue weighted by Crippen LogP contribution is -2.45. The summed E-state index contributed by atoms with van der Waals surface area (Å²) < 4.78 is 61.7. The minimum absolute atomic E-state index is 0.385. The van der Waals surface area contributed by atoms with E-state index in [2.05, 4.69) is 0 Å². The molecule has 0 amide bonds. The molecule has 5 atom stereocenters. The van der Waals surface area contributed by atoms with Crippen molar-refractivity contribution in [2.45, 2.75) is 43.5 Å². The van der Waals surface area contributed by atoms with E-state index in [9.17, 15) is 18.5 Å². The van der Waals surface area contributed by atoms with Crippen molar-refractivity contribution in [1.82, 2.24) is 9.55 Å². The molecule has 2 aliphatic rings. The lowest BCUT2D eigenvalue weighted by molar-refractivity contribution is -0.0750. The van der Waals surface area contributed by atoms with Gasteiger partial charge in [-0.2, -0.15) is 4.39 Å². The topological polar surface area (TPSA) is 109 Å². The third-order valence-corrected chi connectivity index (χ3v) is 5.54. The van der Waals surface area contributed by atoms with Gasteiger partial charge in [0.05, 0.1) is 18.9 Å². The van der Waals surface area contributed by atoms with Crippen LogP contribution in [0.15, 0.2) is 15.8 Å². The third-order valence-electron chi connectivity index (χ3n) is 3.51. The maximum Gasteiger partial charge on any atom is 0.475 e. The second-order valence-electron chi connectivity index (χ2n) is 5.77. The number of alkyl halides is 2. The highest BCUT2D eigenvalue weighted by molar-refractivity contribution is 7.48. The summed E-state index contributed by atoms with van der Waals surface area (Å²) in [7, 11) is -4.09. The molecule has 3 rings (SSSR count). The molecule has 9 nitrogen and oxygen atoms in total. The van der Waals surface area contributed by atoms with Gasteiger partial charge in [-0.05, 0) is 13.8 Å². The van der Waals surface area contributed by atoms with Gasteiger partial charge < -0.3 is 4.74 Å². The van der Waals surface area contributed by atoms with Crippen molar-refractivity contribution < 1.29 is 31.7 Å². The summed E-state index contributed by atoms with van der Waals surface area (Å²) >= 11 is 5.85. The number of aromatic amines is 1. The molecule has 0 spiro atoms. The number of ether oxygens (including phenoxy) is 1. The number of fused-ring (bicyclic) bond motifs is 1. The molecule has 2 aliphatic heterocycles. The summed E-state index contributed by atoms with van der Waals surface area (Å²) in [5.74, 6) is -1.34. The van der Waals surface area contributed by atoms with Gasteiger partial charge in [0.15, 0.2) is 12.3 Å². The Morgan fingerprint density at radius 2 is 2.20 bits per heavy atom. The van der Waals surface area contributed by atoms with Gasteiger partial charge in [-0.25, -0.2) is 13.8 Å². The van der Waals surface area contributed by atoms with Crippen molar-refractivity contribution in [3.8, 4) is 0 Å². The van der Waals surface area contributed by atoms with Crippen LogP contribution in [0.4, 0.5) is 8.78 Å². The van der Waals surface area contributed by atoms with Gasteiger partial charge in [-0.3, -0.25) is 27.9 Å². The Morgan fingerprint density at radius 1 is 1.52 bits per heavy atom. The number of phosphoric acid groups is 1. The number of rotatable bonds is 3. The smallest absolute Gasteiger partial charge is 0.344 e. The molecule has 1 aromatic heterocycles. The van der Waals surface area contributed by atoms with Crippen LogP contribution in [0, 0.1) is 5.82 Å². The Hall–Kier alpha value is -1.10. The van der Waals surface area contributed by atoms with Gasteiger partial charge in [0.25, 0.3) is 10.7 Å². The fourth-order valence-electron chi connectivity index (χ4n) is 2.51. The molecule has 0 bridgehead atoms. The summed E-state index contributed by atoms with van der Waals surface area (Å²) in [4.78, 5) is 24.6. The van der Waals surface area contributed by atoms with Gasteiger partial charge >= 0.3 is 13.5 Å². The highest BCUT2D eigenvalue weighted by Gasteiger charge is 2.63. The molecule has 1 N–H and O–H groups in total. The molecular formula is C12H14ClF2N2O7P. The minimum atomic E-state index is -4.09. The molecule has 0 saturated carbocycles. The number of halogens is 3. The second-order valence-corrected chi connectivity index (χ2v) is 7.92. The first-order valence-electron chi connectivity index (χ1n) is 7.19. The molecule has 0 aromatic carbocycles. The van der Waals surface area contributed by atoms with Crippen molar-refractivity contribution in [2.24, 2.45) is 0 Å². The highest BCUT2D eigenvalue weighted by atomic mass is 35.5. The lowest BCUT2D eigenvalue weighted by atomic mass is 10.1. The molecule has 3 heterocycles. The highest BCUT2D eigenvalue weighted by Crippen LogP contribution is 2.60. The zero-order valence-electron chi connectivity index (χ0n) is 13.0. The van der Waals surface area contributed by atoms with Crippen LogP contribution < -0.4 is 11.2 Å². The fourth-order valence-corrected chi connectivity index (χ4v) is 4.50. The molecule has 13 heteroatoms.